The molecule has 0 radical (unpaired) electrons. The van der Waals surface area contributed by atoms with Gasteiger partial charge in [-0.2, -0.15) is 5.10 Å². The molecule has 1 atom stereocenters. The summed E-state index contributed by atoms with van der Waals surface area (Å²) in [5.74, 6) is 1.16. The van der Waals surface area contributed by atoms with Crippen LogP contribution in [-0.4, -0.2) is 31.4 Å². The topological polar surface area (TPSA) is 72.7 Å². The van der Waals surface area contributed by atoms with Crippen LogP contribution < -0.4 is 5.32 Å². The lowest BCUT2D eigenvalue weighted by Gasteiger charge is -2.16. The van der Waals surface area contributed by atoms with E-state index in [4.69, 9.17) is 0 Å². The van der Waals surface area contributed by atoms with Crippen LogP contribution in [0.1, 0.15) is 22.1 Å². The highest BCUT2D eigenvalue weighted by Crippen LogP contribution is 2.44. The first kappa shape index (κ1) is 14.2. The first-order valence-corrected chi connectivity index (χ1v) is 8.34. The molecule has 6 nitrogen and oxygen atoms in total. The minimum absolute atomic E-state index is 0.00181. The Morgan fingerprint density at radius 2 is 2.13 bits per heavy atom. The van der Waals surface area contributed by atoms with Crippen molar-refractivity contribution in [1.82, 2.24) is 19.7 Å². The molecule has 2 aromatic heterocycles. The number of aryl methyl sites for hydroxylation is 2. The van der Waals surface area contributed by atoms with Crippen molar-refractivity contribution in [3.63, 3.8) is 0 Å². The van der Waals surface area contributed by atoms with Gasteiger partial charge >= 0.3 is 0 Å². The normalized spacial score (nSPS) is 17.7. The second-order valence-electron chi connectivity index (χ2n) is 5.48. The molecule has 0 bridgehead atoms. The number of thioether (sulfide) groups is 1. The molecule has 1 aliphatic heterocycles. The molecule has 0 aliphatic carbocycles. The van der Waals surface area contributed by atoms with Gasteiger partial charge in [-0.25, -0.2) is 0 Å². The SMILES string of the molecule is Cc1nn(C)c2c1C(c1cccc3nccnc13)SCC(=O)N2. The van der Waals surface area contributed by atoms with E-state index in [-0.39, 0.29) is 11.2 Å². The number of amides is 1. The number of nitrogens with zero attached hydrogens (tertiary/aromatic N) is 4. The molecule has 1 N–H and O–H groups in total. The molecule has 23 heavy (non-hydrogen) atoms. The fraction of sp³-hybridized carbons (Fsp3) is 0.250. The van der Waals surface area contributed by atoms with Gasteiger partial charge in [-0.3, -0.25) is 19.4 Å². The summed E-state index contributed by atoms with van der Waals surface area (Å²) in [6, 6.07) is 5.99. The van der Waals surface area contributed by atoms with Crippen molar-refractivity contribution < 1.29 is 4.79 Å². The van der Waals surface area contributed by atoms with E-state index in [1.165, 1.54) is 0 Å². The van der Waals surface area contributed by atoms with Gasteiger partial charge in [-0.1, -0.05) is 12.1 Å². The van der Waals surface area contributed by atoms with Crippen molar-refractivity contribution in [3.8, 4) is 0 Å². The van der Waals surface area contributed by atoms with Crippen molar-refractivity contribution in [1.29, 1.82) is 0 Å². The number of benzene rings is 1. The molecule has 4 rings (SSSR count). The van der Waals surface area contributed by atoms with Crippen molar-refractivity contribution in [2.45, 2.75) is 12.2 Å². The van der Waals surface area contributed by atoms with Crippen LogP contribution >= 0.6 is 11.8 Å². The minimum Gasteiger partial charge on any atom is -0.310 e. The maximum absolute atomic E-state index is 12.0. The number of hydrogen-bond acceptors (Lipinski definition) is 5. The Morgan fingerprint density at radius 3 is 3.00 bits per heavy atom. The van der Waals surface area contributed by atoms with Gasteiger partial charge in [0.15, 0.2) is 0 Å². The molecular weight excluding hydrogens is 310 g/mol. The van der Waals surface area contributed by atoms with E-state index in [1.807, 2.05) is 26.1 Å². The van der Waals surface area contributed by atoms with Crippen molar-refractivity contribution >= 4 is 34.5 Å². The number of carbonyl (C=O) groups is 1. The number of anilines is 1. The Balaban J connectivity index is 1.96. The van der Waals surface area contributed by atoms with Gasteiger partial charge in [0, 0.05) is 25.0 Å². The summed E-state index contributed by atoms with van der Waals surface area (Å²) in [5.41, 5.74) is 4.76. The van der Waals surface area contributed by atoms with Crippen LogP contribution in [0.3, 0.4) is 0 Å². The number of rotatable bonds is 1. The first-order valence-electron chi connectivity index (χ1n) is 7.29. The molecule has 1 unspecified atom stereocenters. The van der Waals surface area contributed by atoms with Crippen LogP contribution in [0.25, 0.3) is 11.0 Å². The second kappa shape index (κ2) is 5.34. The zero-order valence-corrected chi connectivity index (χ0v) is 13.6. The lowest BCUT2D eigenvalue weighted by atomic mass is 10.0. The largest absolute Gasteiger partial charge is 0.310 e. The van der Waals surface area contributed by atoms with E-state index < -0.39 is 0 Å². The monoisotopic (exact) mass is 325 g/mol. The number of fused-ring (bicyclic) bond motifs is 2. The maximum Gasteiger partial charge on any atom is 0.235 e. The Morgan fingerprint density at radius 1 is 1.30 bits per heavy atom. The van der Waals surface area contributed by atoms with Crippen LogP contribution in [0.4, 0.5) is 5.82 Å². The number of nitrogens with one attached hydrogen (secondary N) is 1. The van der Waals surface area contributed by atoms with E-state index >= 15 is 0 Å². The molecule has 116 valence electrons. The van der Waals surface area contributed by atoms with E-state index in [1.54, 1.807) is 28.8 Å². The zero-order valence-electron chi connectivity index (χ0n) is 12.8. The highest BCUT2D eigenvalue weighted by Gasteiger charge is 2.30. The molecule has 7 heteroatoms. The van der Waals surface area contributed by atoms with Gasteiger partial charge in [-0.15, -0.1) is 11.8 Å². The molecule has 0 fully saturated rings. The zero-order chi connectivity index (χ0) is 16.0. The van der Waals surface area contributed by atoms with E-state index in [0.29, 0.717) is 5.75 Å². The lowest BCUT2D eigenvalue weighted by molar-refractivity contribution is -0.113. The van der Waals surface area contributed by atoms with Crippen molar-refractivity contribution in [2.24, 2.45) is 7.05 Å². The van der Waals surface area contributed by atoms with E-state index in [2.05, 4.69) is 26.4 Å². The average molecular weight is 325 g/mol. The number of aromatic nitrogens is 4. The Hall–Kier alpha value is -2.41. The summed E-state index contributed by atoms with van der Waals surface area (Å²) in [6.45, 7) is 1.97. The van der Waals surface area contributed by atoms with Crippen LogP contribution in [0.2, 0.25) is 0 Å². The van der Waals surface area contributed by atoms with Gasteiger partial charge in [0.05, 0.1) is 27.7 Å². The number of hydrogen-bond donors (Lipinski definition) is 1. The molecule has 3 aromatic rings. The minimum atomic E-state index is -0.00642. The number of para-hydroxylation sites is 1. The van der Waals surface area contributed by atoms with E-state index in [0.717, 1.165) is 33.7 Å². The molecule has 3 heterocycles. The van der Waals surface area contributed by atoms with Gasteiger partial charge < -0.3 is 5.32 Å². The summed E-state index contributed by atoms with van der Waals surface area (Å²) >= 11 is 1.60. The van der Waals surface area contributed by atoms with Gasteiger partial charge in [0.2, 0.25) is 5.91 Å². The lowest BCUT2D eigenvalue weighted by Crippen LogP contribution is -2.15. The molecular formula is C16H15N5OS. The third-order valence-corrected chi connectivity index (χ3v) is 5.23. The highest BCUT2D eigenvalue weighted by atomic mass is 32.2. The van der Waals surface area contributed by atoms with Gasteiger partial charge in [-0.05, 0) is 18.6 Å². The van der Waals surface area contributed by atoms with Crippen LogP contribution in [0.15, 0.2) is 30.6 Å². The smallest absolute Gasteiger partial charge is 0.235 e. The predicted molar refractivity (Wildman–Crippen MR) is 90.4 cm³/mol. The van der Waals surface area contributed by atoms with Crippen molar-refractivity contribution in [2.75, 3.05) is 11.1 Å². The molecule has 1 aliphatic rings. The molecule has 0 saturated carbocycles. The number of carbonyl (C=O) groups excluding carboxylic acids is 1. The van der Waals surface area contributed by atoms with Crippen LogP contribution in [0, 0.1) is 6.92 Å². The predicted octanol–water partition coefficient (Wildman–Crippen LogP) is 2.45. The van der Waals surface area contributed by atoms with Crippen LogP contribution in [-0.2, 0) is 11.8 Å². The van der Waals surface area contributed by atoms with Gasteiger partial charge in [0.1, 0.15) is 5.82 Å². The van der Waals surface area contributed by atoms with Crippen LogP contribution in [0.5, 0.6) is 0 Å². The quantitative estimate of drug-likeness (QED) is 0.744. The second-order valence-corrected chi connectivity index (χ2v) is 6.58. The fourth-order valence-electron chi connectivity index (χ4n) is 3.02. The summed E-state index contributed by atoms with van der Waals surface area (Å²) in [6.07, 6.45) is 3.39. The molecule has 1 aromatic carbocycles. The Kier molecular flexibility index (Phi) is 3.30. The van der Waals surface area contributed by atoms with E-state index in [9.17, 15) is 4.79 Å². The molecule has 1 amide bonds. The Labute approximate surface area is 137 Å². The summed E-state index contributed by atoms with van der Waals surface area (Å²) in [7, 11) is 1.85. The van der Waals surface area contributed by atoms with Crippen molar-refractivity contribution in [3.05, 3.63) is 47.4 Å². The molecule has 0 spiro atoms. The summed E-state index contributed by atoms with van der Waals surface area (Å²) in [4.78, 5) is 20.9. The van der Waals surface area contributed by atoms with Gasteiger partial charge in [0.25, 0.3) is 0 Å². The first-order chi connectivity index (χ1) is 11.1. The molecule has 0 saturated heterocycles. The summed E-state index contributed by atoms with van der Waals surface area (Å²) < 4.78 is 1.73. The highest BCUT2D eigenvalue weighted by molar-refractivity contribution is 8.00. The summed E-state index contributed by atoms with van der Waals surface area (Å²) in [5, 5.41) is 7.44. The average Bonchev–Trinajstić information content (AvgIpc) is 2.72. The Bertz CT molecular complexity index is 915. The maximum atomic E-state index is 12.0. The third-order valence-electron chi connectivity index (χ3n) is 3.98. The standard InChI is InChI=1S/C16H15N5OS/c1-9-13-15(23-8-12(22)19-16(13)21(2)20-9)10-4-3-5-11-14(10)18-7-6-17-11/h3-7,15H,8H2,1-2H3,(H,19,22). The fourth-order valence-corrected chi connectivity index (χ4v) is 4.23. The third kappa shape index (κ3) is 2.28.